The van der Waals surface area contributed by atoms with Crippen molar-refractivity contribution in [2.75, 3.05) is 31.6 Å². The maximum absolute atomic E-state index is 12.7. The number of benzene rings is 1. The summed E-state index contributed by atoms with van der Waals surface area (Å²) in [7, 11) is -3.46. The van der Waals surface area contributed by atoms with E-state index in [1.54, 1.807) is 29.8 Å². The van der Waals surface area contributed by atoms with Gasteiger partial charge in [0.1, 0.15) is 17.0 Å². The number of fused-ring (bicyclic) bond motifs is 1. The summed E-state index contributed by atoms with van der Waals surface area (Å²) in [6.07, 6.45) is 1.57. The minimum Gasteiger partial charge on any atom is -0.379 e. The maximum Gasteiger partial charge on any atom is 0.243 e. The van der Waals surface area contributed by atoms with Crippen molar-refractivity contribution in [3.63, 3.8) is 0 Å². The van der Waals surface area contributed by atoms with Crippen LogP contribution in [-0.4, -0.2) is 49.0 Å². The van der Waals surface area contributed by atoms with Gasteiger partial charge >= 0.3 is 0 Å². The van der Waals surface area contributed by atoms with Crippen LogP contribution < -0.4 is 5.32 Å². The summed E-state index contributed by atoms with van der Waals surface area (Å²) < 4.78 is 32.1. The summed E-state index contributed by atoms with van der Waals surface area (Å²) in [4.78, 5) is 11.2. The van der Waals surface area contributed by atoms with Crippen LogP contribution in [0.2, 0.25) is 0 Å². The number of anilines is 1. The average Bonchev–Trinajstić information content (AvgIpc) is 3.02. The van der Waals surface area contributed by atoms with E-state index in [-0.39, 0.29) is 0 Å². The molecule has 1 aliphatic rings. The molecule has 2 aromatic heterocycles. The molecular formula is C19H22N4O3S2. The molecule has 0 unspecified atom stereocenters. The number of morpholine rings is 1. The number of nitrogens with zero attached hydrogens (tertiary/aromatic N) is 3. The Bertz CT molecular complexity index is 1090. The molecule has 148 valence electrons. The summed E-state index contributed by atoms with van der Waals surface area (Å²) >= 11 is 1.66. The number of nitrogens with one attached hydrogen (secondary N) is 1. The van der Waals surface area contributed by atoms with Gasteiger partial charge < -0.3 is 10.1 Å². The lowest BCUT2D eigenvalue weighted by Crippen LogP contribution is -2.40. The van der Waals surface area contributed by atoms with E-state index in [0.29, 0.717) is 37.7 Å². The number of aryl methyl sites for hydroxylation is 2. The molecule has 0 atom stereocenters. The molecule has 9 heteroatoms. The summed E-state index contributed by atoms with van der Waals surface area (Å²) in [5.74, 6) is 0.803. The predicted molar refractivity (Wildman–Crippen MR) is 110 cm³/mol. The molecule has 28 heavy (non-hydrogen) atoms. The molecule has 0 radical (unpaired) electrons. The number of hydrogen-bond donors (Lipinski definition) is 1. The molecular weight excluding hydrogens is 396 g/mol. The molecule has 3 heterocycles. The zero-order valence-electron chi connectivity index (χ0n) is 15.8. The van der Waals surface area contributed by atoms with Gasteiger partial charge in [0.25, 0.3) is 0 Å². The van der Waals surface area contributed by atoms with E-state index in [2.05, 4.69) is 29.1 Å². The highest BCUT2D eigenvalue weighted by atomic mass is 32.2. The van der Waals surface area contributed by atoms with Crippen LogP contribution in [0.25, 0.3) is 10.2 Å². The largest absolute Gasteiger partial charge is 0.379 e. The molecule has 1 N–H and O–H groups in total. The predicted octanol–water partition coefficient (Wildman–Crippen LogP) is 2.94. The van der Waals surface area contributed by atoms with E-state index in [1.807, 2.05) is 12.1 Å². The minimum atomic E-state index is -3.46. The molecule has 1 fully saturated rings. The topological polar surface area (TPSA) is 84.4 Å². The van der Waals surface area contributed by atoms with Crippen LogP contribution >= 0.6 is 11.3 Å². The van der Waals surface area contributed by atoms with E-state index in [4.69, 9.17) is 4.74 Å². The van der Waals surface area contributed by atoms with E-state index in [1.165, 1.54) is 14.7 Å². The summed E-state index contributed by atoms with van der Waals surface area (Å²) in [6, 6.07) is 7.00. The van der Waals surface area contributed by atoms with Gasteiger partial charge in [-0.15, -0.1) is 11.3 Å². The van der Waals surface area contributed by atoms with Crippen molar-refractivity contribution in [2.45, 2.75) is 25.3 Å². The first-order valence-corrected chi connectivity index (χ1v) is 11.3. The molecule has 0 bridgehead atoms. The van der Waals surface area contributed by atoms with E-state index in [9.17, 15) is 8.42 Å². The standard InChI is InChI=1S/C19H22N4O3S2/c1-13-14(2)27-19-17(13)18(21-12-22-19)20-11-15-3-5-16(6-4-15)28(24,25)23-7-9-26-10-8-23/h3-6,12H,7-11H2,1-2H3,(H,20,21,22). The number of ether oxygens (including phenoxy) is 1. The quantitative estimate of drug-likeness (QED) is 0.686. The highest BCUT2D eigenvalue weighted by molar-refractivity contribution is 7.89. The van der Waals surface area contributed by atoms with Gasteiger partial charge in [-0.2, -0.15) is 4.31 Å². The Kier molecular flexibility index (Phi) is 5.33. The lowest BCUT2D eigenvalue weighted by molar-refractivity contribution is 0.0730. The summed E-state index contributed by atoms with van der Waals surface area (Å²) in [5, 5.41) is 4.41. The maximum atomic E-state index is 12.7. The van der Waals surface area contributed by atoms with Crippen molar-refractivity contribution in [3.05, 3.63) is 46.6 Å². The SMILES string of the molecule is Cc1sc2ncnc(NCc3ccc(S(=O)(=O)N4CCOCC4)cc3)c2c1C. The fourth-order valence-electron chi connectivity index (χ4n) is 3.22. The molecule has 4 rings (SSSR count). The number of rotatable bonds is 5. The van der Waals surface area contributed by atoms with Gasteiger partial charge in [0.2, 0.25) is 10.0 Å². The molecule has 7 nitrogen and oxygen atoms in total. The Hall–Kier alpha value is -2.07. The third kappa shape index (κ3) is 3.62. The van der Waals surface area contributed by atoms with Crippen molar-refractivity contribution >= 4 is 37.4 Å². The summed E-state index contributed by atoms with van der Waals surface area (Å²) in [5.41, 5.74) is 2.17. The Labute approximate surface area is 168 Å². The second-order valence-corrected chi connectivity index (χ2v) is 9.84. The number of hydrogen-bond acceptors (Lipinski definition) is 7. The number of thiophene rings is 1. The smallest absolute Gasteiger partial charge is 0.243 e. The lowest BCUT2D eigenvalue weighted by atomic mass is 10.2. The molecule has 1 aliphatic heterocycles. The monoisotopic (exact) mass is 418 g/mol. The van der Waals surface area contributed by atoms with Crippen LogP contribution in [0.4, 0.5) is 5.82 Å². The van der Waals surface area contributed by atoms with Crippen LogP contribution in [0.1, 0.15) is 16.0 Å². The van der Waals surface area contributed by atoms with Gasteiger partial charge in [-0.05, 0) is 37.1 Å². The Morgan fingerprint density at radius 1 is 1.14 bits per heavy atom. The number of aromatic nitrogens is 2. The van der Waals surface area contributed by atoms with Crippen LogP contribution in [0.15, 0.2) is 35.5 Å². The van der Waals surface area contributed by atoms with Crippen molar-refractivity contribution in [1.29, 1.82) is 0 Å². The third-order valence-corrected chi connectivity index (χ3v) is 7.98. The van der Waals surface area contributed by atoms with Gasteiger partial charge in [0.05, 0.1) is 23.5 Å². The van der Waals surface area contributed by atoms with Gasteiger partial charge in [-0.1, -0.05) is 12.1 Å². The average molecular weight is 419 g/mol. The van der Waals surface area contributed by atoms with E-state index < -0.39 is 10.0 Å². The molecule has 1 saturated heterocycles. The fraction of sp³-hybridized carbons (Fsp3) is 0.368. The first kappa shape index (κ1) is 19.3. The normalized spacial score (nSPS) is 15.8. The van der Waals surface area contributed by atoms with E-state index in [0.717, 1.165) is 21.6 Å². The molecule has 3 aromatic rings. The van der Waals surface area contributed by atoms with Crippen molar-refractivity contribution < 1.29 is 13.2 Å². The van der Waals surface area contributed by atoms with E-state index >= 15 is 0 Å². The minimum absolute atomic E-state index is 0.312. The second kappa shape index (κ2) is 7.75. The molecule has 0 spiro atoms. The molecule has 0 aliphatic carbocycles. The van der Waals surface area contributed by atoms with Crippen molar-refractivity contribution in [1.82, 2.24) is 14.3 Å². The molecule has 0 saturated carbocycles. The Morgan fingerprint density at radius 2 is 1.86 bits per heavy atom. The molecule has 1 aromatic carbocycles. The highest BCUT2D eigenvalue weighted by Gasteiger charge is 2.26. The van der Waals surface area contributed by atoms with Gasteiger partial charge in [0.15, 0.2) is 0 Å². The van der Waals surface area contributed by atoms with Crippen molar-refractivity contribution in [2.24, 2.45) is 0 Å². The Balaban J connectivity index is 1.50. The number of sulfonamides is 1. The van der Waals surface area contributed by atoms with Crippen molar-refractivity contribution in [3.8, 4) is 0 Å². The lowest BCUT2D eigenvalue weighted by Gasteiger charge is -2.26. The second-order valence-electron chi connectivity index (χ2n) is 6.70. The Morgan fingerprint density at radius 3 is 2.57 bits per heavy atom. The van der Waals surface area contributed by atoms with Crippen LogP contribution in [0.5, 0.6) is 0 Å². The van der Waals surface area contributed by atoms with Gasteiger partial charge in [-0.3, -0.25) is 0 Å². The molecule has 0 amide bonds. The first-order chi connectivity index (χ1) is 13.5. The third-order valence-electron chi connectivity index (χ3n) is 4.96. The van der Waals surface area contributed by atoms with Crippen LogP contribution in [0.3, 0.4) is 0 Å². The van der Waals surface area contributed by atoms with Crippen LogP contribution in [0, 0.1) is 13.8 Å². The van der Waals surface area contributed by atoms with Gasteiger partial charge in [0, 0.05) is 24.5 Å². The van der Waals surface area contributed by atoms with Crippen LogP contribution in [-0.2, 0) is 21.3 Å². The zero-order chi connectivity index (χ0) is 19.7. The van der Waals surface area contributed by atoms with Gasteiger partial charge in [-0.25, -0.2) is 18.4 Å². The summed E-state index contributed by atoms with van der Waals surface area (Å²) in [6.45, 7) is 6.39. The highest BCUT2D eigenvalue weighted by Crippen LogP contribution is 2.32. The zero-order valence-corrected chi connectivity index (χ0v) is 17.4. The first-order valence-electron chi connectivity index (χ1n) is 9.08. The fourth-order valence-corrected chi connectivity index (χ4v) is 5.62.